The van der Waals surface area contributed by atoms with Crippen LogP contribution in [0.3, 0.4) is 0 Å². The predicted molar refractivity (Wildman–Crippen MR) is 116 cm³/mol. The van der Waals surface area contributed by atoms with Gasteiger partial charge < -0.3 is 15.1 Å². The number of hydrogen-bond acceptors (Lipinski definition) is 4. The van der Waals surface area contributed by atoms with Gasteiger partial charge in [-0.2, -0.15) is 0 Å². The SMILES string of the molecule is CN1CCN(C(=O)c2cccc(NC(=O)c3cccs3)c2)[C@@H](c2ccccc2)C1. The van der Waals surface area contributed by atoms with Gasteiger partial charge >= 0.3 is 0 Å². The van der Waals surface area contributed by atoms with E-state index in [4.69, 9.17) is 0 Å². The third kappa shape index (κ3) is 4.39. The fourth-order valence-corrected chi connectivity index (χ4v) is 4.24. The first-order valence-electron chi connectivity index (χ1n) is 9.61. The van der Waals surface area contributed by atoms with Crippen LogP contribution >= 0.6 is 11.3 Å². The largest absolute Gasteiger partial charge is 0.329 e. The van der Waals surface area contributed by atoms with E-state index in [9.17, 15) is 9.59 Å². The Morgan fingerprint density at radius 2 is 1.83 bits per heavy atom. The van der Waals surface area contributed by atoms with Gasteiger partial charge in [-0.15, -0.1) is 11.3 Å². The van der Waals surface area contributed by atoms with Gasteiger partial charge in [-0.25, -0.2) is 0 Å². The van der Waals surface area contributed by atoms with E-state index < -0.39 is 0 Å². The first-order valence-corrected chi connectivity index (χ1v) is 10.5. The number of thiophene rings is 1. The number of carbonyl (C=O) groups is 2. The molecule has 0 radical (unpaired) electrons. The highest BCUT2D eigenvalue weighted by atomic mass is 32.1. The minimum Gasteiger partial charge on any atom is -0.329 e. The Bertz CT molecular complexity index is 988. The Kier molecular flexibility index (Phi) is 5.74. The van der Waals surface area contributed by atoms with Gasteiger partial charge in [-0.05, 0) is 42.3 Å². The van der Waals surface area contributed by atoms with Crippen molar-refractivity contribution in [3.8, 4) is 0 Å². The van der Waals surface area contributed by atoms with Gasteiger partial charge in [0.1, 0.15) is 0 Å². The van der Waals surface area contributed by atoms with E-state index in [0.717, 1.165) is 18.7 Å². The molecule has 29 heavy (non-hydrogen) atoms. The normalized spacial score (nSPS) is 17.1. The van der Waals surface area contributed by atoms with E-state index in [1.807, 2.05) is 46.7 Å². The first kappa shape index (κ1) is 19.4. The van der Waals surface area contributed by atoms with E-state index in [-0.39, 0.29) is 17.9 Å². The number of nitrogens with zero attached hydrogens (tertiary/aromatic N) is 2. The number of nitrogens with one attached hydrogen (secondary N) is 1. The predicted octanol–water partition coefficient (Wildman–Crippen LogP) is 4.13. The van der Waals surface area contributed by atoms with Gasteiger partial charge in [0, 0.05) is 30.9 Å². The third-order valence-electron chi connectivity index (χ3n) is 5.14. The molecule has 3 aromatic rings. The second kappa shape index (κ2) is 8.59. The van der Waals surface area contributed by atoms with Gasteiger partial charge in [0.05, 0.1) is 10.9 Å². The number of rotatable bonds is 4. The van der Waals surface area contributed by atoms with Crippen molar-refractivity contribution in [2.75, 3.05) is 32.0 Å². The zero-order valence-corrected chi connectivity index (χ0v) is 17.1. The molecule has 1 aliphatic heterocycles. The van der Waals surface area contributed by atoms with Gasteiger partial charge in [0.25, 0.3) is 11.8 Å². The van der Waals surface area contributed by atoms with Crippen LogP contribution in [-0.4, -0.2) is 48.3 Å². The van der Waals surface area contributed by atoms with Gasteiger partial charge in [0.15, 0.2) is 0 Å². The van der Waals surface area contributed by atoms with E-state index in [2.05, 4.69) is 29.4 Å². The number of amides is 2. The summed E-state index contributed by atoms with van der Waals surface area (Å²) in [6.07, 6.45) is 0. The van der Waals surface area contributed by atoms with Crippen molar-refractivity contribution in [2.24, 2.45) is 0 Å². The summed E-state index contributed by atoms with van der Waals surface area (Å²) in [5, 5.41) is 4.75. The maximum Gasteiger partial charge on any atom is 0.265 e. The van der Waals surface area contributed by atoms with Gasteiger partial charge in [-0.1, -0.05) is 42.5 Å². The molecule has 0 unspecified atom stereocenters. The number of hydrogen-bond donors (Lipinski definition) is 1. The third-order valence-corrected chi connectivity index (χ3v) is 6.01. The molecule has 6 heteroatoms. The Labute approximate surface area is 174 Å². The smallest absolute Gasteiger partial charge is 0.265 e. The molecule has 0 spiro atoms. The Hall–Kier alpha value is -2.96. The van der Waals surface area contributed by atoms with Crippen LogP contribution < -0.4 is 5.32 Å². The lowest BCUT2D eigenvalue weighted by atomic mass is 10.0. The van der Waals surface area contributed by atoms with Crippen LogP contribution in [0.15, 0.2) is 72.1 Å². The van der Waals surface area contributed by atoms with Crippen LogP contribution in [-0.2, 0) is 0 Å². The maximum atomic E-state index is 13.4. The summed E-state index contributed by atoms with van der Waals surface area (Å²) in [7, 11) is 2.08. The summed E-state index contributed by atoms with van der Waals surface area (Å²) in [5.41, 5.74) is 2.34. The summed E-state index contributed by atoms with van der Waals surface area (Å²) in [6.45, 7) is 2.30. The second-order valence-corrected chi connectivity index (χ2v) is 8.15. The summed E-state index contributed by atoms with van der Waals surface area (Å²) >= 11 is 1.39. The zero-order valence-electron chi connectivity index (χ0n) is 16.2. The molecule has 0 aliphatic carbocycles. The van der Waals surface area contributed by atoms with E-state index >= 15 is 0 Å². The van der Waals surface area contributed by atoms with Crippen molar-refractivity contribution < 1.29 is 9.59 Å². The molecule has 1 saturated heterocycles. The molecule has 2 heterocycles. The van der Waals surface area contributed by atoms with Crippen LogP contribution in [0.5, 0.6) is 0 Å². The van der Waals surface area contributed by atoms with Crippen molar-refractivity contribution in [1.29, 1.82) is 0 Å². The molecule has 4 rings (SSSR count). The van der Waals surface area contributed by atoms with Crippen LogP contribution in [0.2, 0.25) is 0 Å². The fraction of sp³-hybridized carbons (Fsp3) is 0.217. The molecule has 1 aromatic heterocycles. The number of likely N-dealkylation sites (N-methyl/N-ethyl adjacent to an activating group) is 1. The molecule has 2 aromatic carbocycles. The Morgan fingerprint density at radius 1 is 1.00 bits per heavy atom. The maximum absolute atomic E-state index is 13.4. The summed E-state index contributed by atoms with van der Waals surface area (Å²) in [4.78, 5) is 30.5. The van der Waals surface area contributed by atoms with Crippen molar-refractivity contribution in [1.82, 2.24) is 9.80 Å². The quantitative estimate of drug-likeness (QED) is 0.710. The highest BCUT2D eigenvalue weighted by molar-refractivity contribution is 7.12. The molecular weight excluding hydrogens is 382 g/mol. The number of benzene rings is 2. The number of anilines is 1. The van der Waals surface area contributed by atoms with Crippen molar-refractivity contribution in [3.05, 3.63) is 88.1 Å². The molecular formula is C23H23N3O2S. The summed E-state index contributed by atoms with van der Waals surface area (Å²) in [5.74, 6) is -0.175. The van der Waals surface area contributed by atoms with Crippen molar-refractivity contribution >= 4 is 28.8 Å². The van der Waals surface area contributed by atoms with Crippen LogP contribution in [0.1, 0.15) is 31.6 Å². The Balaban J connectivity index is 1.55. The van der Waals surface area contributed by atoms with Crippen LogP contribution in [0.25, 0.3) is 0 Å². The molecule has 2 amide bonds. The standard InChI is InChI=1S/C23H23N3O2S/c1-25-12-13-26(20(16-25)17-7-3-2-4-8-17)23(28)18-9-5-10-19(15-18)24-22(27)21-11-6-14-29-21/h2-11,14-15,20H,12-13,16H2,1H3,(H,24,27)/t20-/m1/s1. The van der Waals surface area contributed by atoms with Gasteiger partial charge in [-0.3, -0.25) is 9.59 Å². The second-order valence-electron chi connectivity index (χ2n) is 7.20. The van der Waals surface area contributed by atoms with E-state index in [1.54, 1.807) is 18.2 Å². The minimum absolute atomic E-state index is 0.00631. The molecule has 0 bridgehead atoms. The molecule has 5 nitrogen and oxygen atoms in total. The van der Waals surface area contributed by atoms with Crippen molar-refractivity contribution in [2.45, 2.75) is 6.04 Å². The number of piperazine rings is 1. The average Bonchev–Trinajstić information content (AvgIpc) is 3.29. The number of carbonyl (C=O) groups excluding carboxylic acids is 2. The van der Waals surface area contributed by atoms with E-state index in [0.29, 0.717) is 22.7 Å². The average molecular weight is 406 g/mol. The molecule has 148 valence electrons. The zero-order chi connectivity index (χ0) is 20.2. The van der Waals surface area contributed by atoms with Crippen LogP contribution in [0, 0.1) is 0 Å². The molecule has 1 fully saturated rings. The first-order chi connectivity index (χ1) is 14.1. The van der Waals surface area contributed by atoms with Gasteiger partial charge in [0.2, 0.25) is 0 Å². The lowest BCUT2D eigenvalue weighted by molar-refractivity contribution is 0.0498. The molecule has 1 aliphatic rings. The summed E-state index contributed by atoms with van der Waals surface area (Å²) < 4.78 is 0. The lowest BCUT2D eigenvalue weighted by Gasteiger charge is -2.40. The molecule has 1 N–H and O–H groups in total. The van der Waals surface area contributed by atoms with Crippen LogP contribution in [0.4, 0.5) is 5.69 Å². The molecule has 0 saturated carbocycles. The highest BCUT2D eigenvalue weighted by Crippen LogP contribution is 2.27. The Morgan fingerprint density at radius 3 is 2.59 bits per heavy atom. The summed E-state index contributed by atoms with van der Waals surface area (Å²) in [6, 6.07) is 21.0. The fourth-order valence-electron chi connectivity index (χ4n) is 3.62. The highest BCUT2D eigenvalue weighted by Gasteiger charge is 2.30. The monoisotopic (exact) mass is 405 g/mol. The molecule has 1 atom stereocenters. The van der Waals surface area contributed by atoms with E-state index in [1.165, 1.54) is 11.3 Å². The lowest BCUT2D eigenvalue weighted by Crippen LogP contribution is -2.49. The topological polar surface area (TPSA) is 52.6 Å². The van der Waals surface area contributed by atoms with Crippen molar-refractivity contribution in [3.63, 3.8) is 0 Å². The minimum atomic E-state index is -0.161.